The second-order valence-electron chi connectivity index (χ2n) is 3.53. The summed E-state index contributed by atoms with van der Waals surface area (Å²) in [6.07, 6.45) is 2.58. The molecule has 0 amide bonds. The normalized spacial score (nSPS) is 23.3. The van der Waals surface area contributed by atoms with Gasteiger partial charge in [-0.2, -0.15) is 16.9 Å². The fourth-order valence-electron chi connectivity index (χ4n) is 1.68. The molecule has 1 atom stereocenters. The van der Waals surface area contributed by atoms with Gasteiger partial charge in [0.05, 0.1) is 5.69 Å². The summed E-state index contributed by atoms with van der Waals surface area (Å²) in [5.41, 5.74) is 6.91. The molecule has 1 aromatic heterocycles. The van der Waals surface area contributed by atoms with Crippen molar-refractivity contribution in [3.63, 3.8) is 0 Å². The van der Waals surface area contributed by atoms with Crippen LogP contribution >= 0.6 is 11.8 Å². The Hall–Kier alpha value is -0.640. The van der Waals surface area contributed by atoms with Gasteiger partial charge in [0.2, 0.25) is 0 Å². The zero-order valence-electron chi connectivity index (χ0n) is 7.86. The van der Waals surface area contributed by atoms with E-state index in [4.69, 9.17) is 5.73 Å². The van der Waals surface area contributed by atoms with Crippen LogP contribution in [-0.2, 0) is 7.05 Å². The lowest BCUT2D eigenvalue weighted by Gasteiger charge is -2.18. The van der Waals surface area contributed by atoms with E-state index in [1.54, 1.807) is 4.68 Å². The standard InChI is InChI=1S/C9H15N3S/c1-12-9(10)5-8(11-12)7-3-2-4-13-6-7/h5,7H,2-4,6,10H2,1H3. The first-order valence-corrected chi connectivity index (χ1v) is 5.80. The highest BCUT2D eigenvalue weighted by Crippen LogP contribution is 2.30. The number of aryl methyl sites for hydroxylation is 1. The number of nitrogens with two attached hydrogens (primary N) is 1. The SMILES string of the molecule is Cn1nc(C2CCCSC2)cc1N. The summed E-state index contributed by atoms with van der Waals surface area (Å²) in [6.45, 7) is 0. The molecule has 72 valence electrons. The number of nitrogens with zero attached hydrogens (tertiary/aromatic N) is 2. The van der Waals surface area contributed by atoms with Gasteiger partial charge in [-0.1, -0.05) is 0 Å². The second kappa shape index (κ2) is 3.62. The smallest absolute Gasteiger partial charge is 0.121 e. The molecule has 0 spiro atoms. The molecular formula is C9H15N3S. The summed E-state index contributed by atoms with van der Waals surface area (Å²) in [6, 6.07) is 2.01. The summed E-state index contributed by atoms with van der Waals surface area (Å²) in [5, 5.41) is 4.41. The summed E-state index contributed by atoms with van der Waals surface area (Å²) < 4.78 is 1.76. The van der Waals surface area contributed by atoms with E-state index in [0.717, 1.165) is 5.82 Å². The highest BCUT2D eigenvalue weighted by atomic mass is 32.2. The molecule has 0 bridgehead atoms. The fraction of sp³-hybridized carbons (Fsp3) is 0.667. The third-order valence-electron chi connectivity index (χ3n) is 2.51. The van der Waals surface area contributed by atoms with E-state index in [2.05, 4.69) is 5.10 Å². The van der Waals surface area contributed by atoms with Crippen LogP contribution in [0.25, 0.3) is 0 Å². The van der Waals surface area contributed by atoms with Crippen molar-refractivity contribution >= 4 is 17.6 Å². The number of aromatic nitrogens is 2. The minimum atomic E-state index is 0.627. The molecule has 1 unspecified atom stereocenters. The first-order chi connectivity index (χ1) is 6.27. The minimum Gasteiger partial charge on any atom is -0.384 e. The largest absolute Gasteiger partial charge is 0.384 e. The average molecular weight is 197 g/mol. The van der Waals surface area contributed by atoms with Crippen molar-refractivity contribution < 1.29 is 0 Å². The molecule has 1 saturated heterocycles. The van der Waals surface area contributed by atoms with Crippen LogP contribution in [0.1, 0.15) is 24.5 Å². The van der Waals surface area contributed by atoms with E-state index in [1.165, 1.54) is 30.0 Å². The molecule has 3 nitrogen and oxygen atoms in total. The Morgan fingerprint density at radius 2 is 2.54 bits per heavy atom. The van der Waals surface area contributed by atoms with Crippen LogP contribution in [0.4, 0.5) is 5.82 Å². The zero-order valence-corrected chi connectivity index (χ0v) is 8.68. The maximum absolute atomic E-state index is 5.74. The Balaban J connectivity index is 2.14. The van der Waals surface area contributed by atoms with Gasteiger partial charge in [0.25, 0.3) is 0 Å². The van der Waals surface area contributed by atoms with Crippen LogP contribution < -0.4 is 5.73 Å². The number of hydrogen-bond acceptors (Lipinski definition) is 3. The van der Waals surface area contributed by atoms with Gasteiger partial charge >= 0.3 is 0 Å². The van der Waals surface area contributed by atoms with Crippen molar-refractivity contribution in [1.82, 2.24) is 9.78 Å². The number of nitrogen functional groups attached to an aromatic ring is 1. The van der Waals surface area contributed by atoms with Crippen molar-refractivity contribution in [2.45, 2.75) is 18.8 Å². The Kier molecular flexibility index (Phi) is 2.49. The van der Waals surface area contributed by atoms with E-state index in [9.17, 15) is 0 Å². The van der Waals surface area contributed by atoms with E-state index in [1.807, 2.05) is 24.9 Å². The van der Waals surface area contributed by atoms with E-state index in [-0.39, 0.29) is 0 Å². The maximum Gasteiger partial charge on any atom is 0.121 e. The van der Waals surface area contributed by atoms with Crippen molar-refractivity contribution in [2.24, 2.45) is 7.05 Å². The Morgan fingerprint density at radius 1 is 1.69 bits per heavy atom. The molecule has 0 aliphatic carbocycles. The van der Waals surface area contributed by atoms with Crippen LogP contribution in [-0.4, -0.2) is 21.3 Å². The highest BCUT2D eigenvalue weighted by molar-refractivity contribution is 7.99. The van der Waals surface area contributed by atoms with Crippen molar-refractivity contribution in [3.8, 4) is 0 Å². The van der Waals surface area contributed by atoms with Gasteiger partial charge in [-0.05, 0) is 18.6 Å². The van der Waals surface area contributed by atoms with Crippen LogP contribution in [0, 0.1) is 0 Å². The summed E-state index contributed by atoms with van der Waals surface area (Å²) >= 11 is 2.02. The molecule has 2 N–H and O–H groups in total. The monoisotopic (exact) mass is 197 g/mol. The predicted octanol–water partition coefficient (Wildman–Crippen LogP) is 1.61. The quantitative estimate of drug-likeness (QED) is 0.744. The van der Waals surface area contributed by atoms with Gasteiger partial charge in [0.1, 0.15) is 5.82 Å². The lowest BCUT2D eigenvalue weighted by atomic mass is 10.0. The molecule has 0 saturated carbocycles. The average Bonchev–Trinajstić information content (AvgIpc) is 2.49. The number of thioether (sulfide) groups is 1. The molecule has 1 fully saturated rings. The minimum absolute atomic E-state index is 0.627. The van der Waals surface area contributed by atoms with Crippen molar-refractivity contribution in [2.75, 3.05) is 17.2 Å². The first kappa shape index (κ1) is 8.94. The van der Waals surface area contributed by atoms with E-state index < -0.39 is 0 Å². The molecule has 0 radical (unpaired) electrons. The van der Waals surface area contributed by atoms with Crippen molar-refractivity contribution in [1.29, 1.82) is 0 Å². The maximum atomic E-state index is 5.74. The molecule has 1 aromatic rings. The molecule has 13 heavy (non-hydrogen) atoms. The molecular weight excluding hydrogens is 182 g/mol. The van der Waals surface area contributed by atoms with Crippen LogP contribution in [0.3, 0.4) is 0 Å². The van der Waals surface area contributed by atoms with Gasteiger partial charge in [-0.25, -0.2) is 0 Å². The van der Waals surface area contributed by atoms with Gasteiger partial charge in [0.15, 0.2) is 0 Å². The van der Waals surface area contributed by atoms with E-state index in [0.29, 0.717) is 5.92 Å². The van der Waals surface area contributed by atoms with Crippen LogP contribution in [0.5, 0.6) is 0 Å². The first-order valence-electron chi connectivity index (χ1n) is 4.64. The van der Waals surface area contributed by atoms with Crippen LogP contribution in [0.15, 0.2) is 6.07 Å². The Labute approximate surface area is 82.7 Å². The molecule has 4 heteroatoms. The lowest BCUT2D eigenvalue weighted by Crippen LogP contribution is -2.09. The summed E-state index contributed by atoms with van der Waals surface area (Å²) in [7, 11) is 1.90. The number of anilines is 1. The second-order valence-corrected chi connectivity index (χ2v) is 4.68. The number of rotatable bonds is 1. The highest BCUT2D eigenvalue weighted by Gasteiger charge is 2.18. The van der Waals surface area contributed by atoms with E-state index >= 15 is 0 Å². The summed E-state index contributed by atoms with van der Waals surface area (Å²) in [4.78, 5) is 0. The summed E-state index contributed by atoms with van der Waals surface area (Å²) in [5.74, 6) is 3.91. The van der Waals surface area contributed by atoms with Crippen LogP contribution in [0.2, 0.25) is 0 Å². The fourth-order valence-corrected chi connectivity index (χ4v) is 2.84. The molecule has 1 aliphatic rings. The molecule has 2 heterocycles. The zero-order chi connectivity index (χ0) is 9.26. The van der Waals surface area contributed by atoms with Gasteiger partial charge in [0, 0.05) is 24.8 Å². The van der Waals surface area contributed by atoms with Crippen molar-refractivity contribution in [3.05, 3.63) is 11.8 Å². The lowest BCUT2D eigenvalue weighted by molar-refractivity contribution is 0.623. The topological polar surface area (TPSA) is 43.8 Å². The molecule has 2 rings (SSSR count). The van der Waals surface area contributed by atoms with Gasteiger partial charge in [-0.3, -0.25) is 4.68 Å². The molecule has 1 aliphatic heterocycles. The third-order valence-corrected chi connectivity index (χ3v) is 3.73. The number of hydrogen-bond donors (Lipinski definition) is 1. The molecule has 0 aromatic carbocycles. The Morgan fingerprint density at radius 3 is 3.08 bits per heavy atom. The van der Waals surface area contributed by atoms with Gasteiger partial charge < -0.3 is 5.73 Å². The Bertz CT molecular complexity index is 270. The predicted molar refractivity (Wildman–Crippen MR) is 56.9 cm³/mol. The van der Waals surface area contributed by atoms with Gasteiger partial charge in [-0.15, -0.1) is 0 Å². The third kappa shape index (κ3) is 1.82.